The first kappa shape index (κ1) is 48.4. The summed E-state index contributed by atoms with van der Waals surface area (Å²) in [4.78, 5) is 79.6. The quantitative estimate of drug-likeness (QED) is 0.0297. The van der Waals surface area contributed by atoms with Gasteiger partial charge < -0.3 is 28.7 Å². The third-order valence-electron chi connectivity index (χ3n) is 10.0. The number of unbranched alkanes of at least 4 members (excludes halogenated alkanes) is 5. The van der Waals surface area contributed by atoms with Gasteiger partial charge in [0.2, 0.25) is 0 Å². The molecule has 2 amide bonds. The van der Waals surface area contributed by atoms with Gasteiger partial charge in [-0.05, 0) is 87.1 Å². The molecule has 0 N–H and O–H groups in total. The Morgan fingerprint density at radius 3 is 1.13 bits per heavy atom. The molecule has 0 atom stereocenters. The van der Waals surface area contributed by atoms with Crippen molar-refractivity contribution in [2.45, 2.75) is 78.1 Å². The number of amides is 2. The Morgan fingerprint density at radius 1 is 0.419 bits per heavy atom. The van der Waals surface area contributed by atoms with Gasteiger partial charge in [-0.15, -0.1) is 0 Å². The van der Waals surface area contributed by atoms with E-state index >= 15 is 0 Å². The summed E-state index contributed by atoms with van der Waals surface area (Å²) in [6.45, 7) is 5.66. The number of ketones is 2. The molecule has 0 spiro atoms. The molecule has 4 rings (SSSR count). The molecular formula is C50H60N2O10. The maximum atomic E-state index is 13.0. The monoisotopic (exact) mass is 848 g/mol. The largest absolute Gasteiger partial charge is 0.484 e. The molecule has 0 bridgehead atoms. The van der Waals surface area contributed by atoms with Gasteiger partial charge in [-0.3, -0.25) is 28.8 Å². The van der Waals surface area contributed by atoms with Crippen LogP contribution < -0.4 is 9.47 Å². The van der Waals surface area contributed by atoms with Gasteiger partial charge in [-0.1, -0.05) is 87.4 Å². The fourth-order valence-corrected chi connectivity index (χ4v) is 6.34. The van der Waals surface area contributed by atoms with Crippen molar-refractivity contribution in [1.29, 1.82) is 0 Å². The predicted octanol–water partition coefficient (Wildman–Crippen LogP) is 8.29. The third-order valence-corrected chi connectivity index (χ3v) is 10.0. The van der Waals surface area contributed by atoms with E-state index in [1.807, 2.05) is 50.2 Å². The molecule has 0 aliphatic carbocycles. The first-order valence-corrected chi connectivity index (χ1v) is 21.7. The van der Waals surface area contributed by atoms with Crippen molar-refractivity contribution < 1.29 is 47.7 Å². The smallest absolute Gasteiger partial charge is 0.307 e. The summed E-state index contributed by atoms with van der Waals surface area (Å²) in [5.41, 5.74) is 2.23. The van der Waals surface area contributed by atoms with Gasteiger partial charge in [0.15, 0.2) is 24.8 Å². The van der Waals surface area contributed by atoms with E-state index in [1.165, 1.54) is 0 Å². The highest BCUT2D eigenvalue weighted by Gasteiger charge is 2.18. The number of carbonyl (C=O) groups is 6. The van der Waals surface area contributed by atoms with Crippen LogP contribution in [0.5, 0.6) is 11.5 Å². The van der Waals surface area contributed by atoms with E-state index < -0.39 is 0 Å². The van der Waals surface area contributed by atoms with Crippen LogP contribution in [0.4, 0.5) is 0 Å². The lowest BCUT2D eigenvalue weighted by molar-refractivity contribution is -0.146. The Morgan fingerprint density at radius 2 is 0.774 bits per heavy atom. The summed E-state index contributed by atoms with van der Waals surface area (Å²) >= 11 is 0. The van der Waals surface area contributed by atoms with Crippen LogP contribution in [0.1, 0.15) is 110 Å². The minimum atomic E-state index is -0.378. The minimum Gasteiger partial charge on any atom is -0.484 e. The van der Waals surface area contributed by atoms with E-state index in [4.69, 9.17) is 18.9 Å². The van der Waals surface area contributed by atoms with Gasteiger partial charge in [0.05, 0.1) is 26.1 Å². The van der Waals surface area contributed by atoms with Gasteiger partial charge >= 0.3 is 11.9 Å². The molecule has 0 unspecified atom stereocenters. The van der Waals surface area contributed by atoms with Crippen LogP contribution in [0.2, 0.25) is 0 Å². The molecule has 0 aromatic heterocycles. The van der Waals surface area contributed by atoms with Crippen LogP contribution in [0.15, 0.2) is 109 Å². The van der Waals surface area contributed by atoms with Crippen LogP contribution in [0.3, 0.4) is 0 Å². The zero-order valence-electron chi connectivity index (χ0n) is 36.1. The van der Waals surface area contributed by atoms with Gasteiger partial charge in [0.25, 0.3) is 11.8 Å². The maximum absolute atomic E-state index is 13.0. The SMILES string of the molecule is CCCCN(CCC(=O)OCCCCCCOC(=O)CCN(CCCC)C(=O)COc1ccc(C(=O)c2ccccc2)cc1)C(=O)COc1ccc(C(=O)c2ccccc2)cc1. The van der Waals surface area contributed by atoms with Crippen molar-refractivity contribution in [3.05, 3.63) is 131 Å². The number of rotatable bonds is 29. The van der Waals surface area contributed by atoms with E-state index in [2.05, 4.69) is 0 Å². The van der Waals surface area contributed by atoms with Gasteiger partial charge in [-0.2, -0.15) is 0 Å². The number of hydrogen-bond acceptors (Lipinski definition) is 10. The van der Waals surface area contributed by atoms with Crippen molar-refractivity contribution in [2.75, 3.05) is 52.6 Å². The fourth-order valence-electron chi connectivity index (χ4n) is 6.34. The standard InChI is InChI=1S/C50H60N2O10/c1-3-5-31-51(45(53)37-61-43-25-21-41(22-26-43)49(57)39-17-11-9-12-18-39)33-29-47(55)59-35-15-7-8-16-36-60-48(56)30-34-52(32-6-4-2)46(54)38-62-44-27-23-42(24-28-44)50(58)40-19-13-10-14-20-40/h9-14,17-28H,3-8,15-16,29-38H2,1-2H3. The number of nitrogens with zero attached hydrogens (tertiary/aromatic N) is 2. The maximum Gasteiger partial charge on any atom is 0.307 e. The molecule has 12 nitrogen and oxygen atoms in total. The van der Waals surface area contributed by atoms with Gasteiger partial charge in [0, 0.05) is 48.4 Å². The highest BCUT2D eigenvalue weighted by atomic mass is 16.5. The summed E-state index contributed by atoms with van der Waals surface area (Å²) in [6.07, 6.45) is 6.40. The van der Waals surface area contributed by atoms with Gasteiger partial charge in [0.1, 0.15) is 11.5 Å². The Kier molecular flexibility index (Phi) is 21.5. The average Bonchev–Trinajstić information content (AvgIpc) is 3.31. The van der Waals surface area contributed by atoms with Crippen LogP contribution >= 0.6 is 0 Å². The molecule has 4 aromatic rings. The van der Waals surface area contributed by atoms with E-state index in [9.17, 15) is 28.8 Å². The zero-order chi connectivity index (χ0) is 44.4. The van der Waals surface area contributed by atoms with Crippen LogP contribution in [-0.4, -0.2) is 97.7 Å². The van der Waals surface area contributed by atoms with E-state index in [0.717, 1.165) is 38.5 Å². The summed E-state index contributed by atoms with van der Waals surface area (Å²) in [5, 5.41) is 0. The fraction of sp³-hybridized carbons (Fsp3) is 0.400. The van der Waals surface area contributed by atoms with Crippen LogP contribution in [0, 0.1) is 0 Å². The Balaban J connectivity index is 1.05. The van der Waals surface area contributed by atoms with Crippen molar-refractivity contribution in [3.8, 4) is 11.5 Å². The number of carbonyl (C=O) groups excluding carboxylic acids is 6. The molecular weight excluding hydrogens is 789 g/mol. The molecule has 330 valence electrons. The molecule has 0 fully saturated rings. The molecule has 62 heavy (non-hydrogen) atoms. The summed E-state index contributed by atoms with van der Waals surface area (Å²) in [7, 11) is 0. The normalized spacial score (nSPS) is 10.7. The molecule has 0 heterocycles. The predicted molar refractivity (Wildman–Crippen MR) is 236 cm³/mol. The molecule has 4 aromatic carbocycles. The highest BCUT2D eigenvalue weighted by Crippen LogP contribution is 2.18. The molecule has 0 saturated heterocycles. The average molecular weight is 849 g/mol. The number of benzene rings is 4. The molecule has 0 saturated carbocycles. The highest BCUT2D eigenvalue weighted by molar-refractivity contribution is 6.09. The second-order valence-electron chi connectivity index (χ2n) is 14.8. The topological polar surface area (TPSA) is 146 Å². The van der Waals surface area contributed by atoms with Crippen LogP contribution in [-0.2, 0) is 28.7 Å². The van der Waals surface area contributed by atoms with Crippen LogP contribution in [0.25, 0.3) is 0 Å². The van der Waals surface area contributed by atoms with Crippen molar-refractivity contribution >= 4 is 35.3 Å². The Hall–Kier alpha value is -6.30. The number of ether oxygens (including phenoxy) is 4. The lowest BCUT2D eigenvalue weighted by Gasteiger charge is -2.22. The first-order valence-electron chi connectivity index (χ1n) is 21.7. The summed E-state index contributed by atoms with van der Waals surface area (Å²) < 4.78 is 22.3. The second kappa shape index (κ2) is 27.5. The summed E-state index contributed by atoms with van der Waals surface area (Å²) in [5.74, 6) is -0.478. The molecule has 0 aliphatic heterocycles. The van der Waals surface area contributed by atoms with Crippen molar-refractivity contribution in [2.24, 2.45) is 0 Å². The third kappa shape index (κ3) is 17.4. The molecule has 0 aliphatic rings. The zero-order valence-corrected chi connectivity index (χ0v) is 36.1. The number of hydrogen-bond donors (Lipinski definition) is 0. The minimum absolute atomic E-state index is 0.0722. The lowest BCUT2D eigenvalue weighted by Crippen LogP contribution is -2.37. The second-order valence-corrected chi connectivity index (χ2v) is 14.8. The lowest BCUT2D eigenvalue weighted by atomic mass is 10.0. The van der Waals surface area contributed by atoms with Crippen molar-refractivity contribution in [3.63, 3.8) is 0 Å². The number of esters is 2. The molecule has 0 radical (unpaired) electrons. The van der Waals surface area contributed by atoms with E-state index in [1.54, 1.807) is 82.6 Å². The van der Waals surface area contributed by atoms with E-state index in [0.29, 0.717) is 59.7 Å². The summed E-state index contributed by atoms with van der Waals surface area (Å²) in [6, 6.07) is 31.3. The Bertz CT molecular complexity index is 1840. The first-order chi connectivity index (χ1) is 30.2. The van der Waals surface area contributed by atoms with Gasteiger partial charge in [-0.25, -0.2) is 0 Å². The Labute approximate surface area is 365 Å². The van der Waals surface area contributed by atoms with Crippen molar-refractivity contribution in [1.82, 2.24) is 9.80 Å². The molecule has 12 heteroatoms. The van der Waals surface area contributed by atoms with E-state index in [-0.39, 0.29) is 87.7 Å².